The molecular weight excluding hydrogens is 304 g/mol. The van der Waals surface area contributed by atoms with Crippen molar-refractivity contribution < 1.29 is 4.79 Å². The Bertz CT molecular complexity index is 759. The lowest BCUT2D eigenvalue weighted by Crippen LogP contribution is -2.44. The number of nitrogens with zero attached hydrogens (tertiary/aromatic N) is 5. The van der Waals surface area contributed by atoms with Gasteiger partial charge in [-0.25, -0.2) is 9.97 Å². The molecule has 0 bridgehead atoms. The standard InChI is InChI=1S/C17H18N6O/c1-22-5-7-23(8-6-22)16-12-19-15(11-20-16)17(24)21-14-4-2-3-13(9-14)10-18/h2-4,9,11-12H,5-8H2,1H3,(H,21,24). The summed E-state index contributed by atoms with van der Waals surface area (Å²) in [5, 5.41) is 11.6. The van der Waals surface area contributed by atoms with Crippen LogP contribution in [-0.4, -0.2) is 54.0 Å². The van der Waals surface area contributed by atoms with Crippen LogP contribution in [0.4, 0.5) is 11.5 Å². The van der Waals surface area contributed by atoms with Gasteiger partial charge in [-0.15, -0.1) is 0 Å². The first-order valence-electron chi connectivity index (χ1n) is 7.73. The van der Waals surface area contributed by atoms with Crippen LogP contribution in [0, 0.1) is 11.3 Å². The highest BCUT2D eigenvalue weighted by Crippen LogP contribution is 2.14. The molecule has 3 rings (SSSR count). The van der Waals surface area contributed by atoms with Crippen molar-refractivity contribution >= 4 is 17.4 Å². The van der Waals surface area contributed by atoms with E-state index >= 15 is 0 Å². The van der Waals surface area contributed by atoms with Gasteiger partial charge in [-0.05, 0) is 25.2 Å². The minimum atomic E-state index is -0.345. The fourth-order valence-electron chi connectivity index (χ4n) is 2.50. The predicted octanol–water partition coefficient (Wildman–Crippen LogP) is 1.35. The highest BCUT2D eigenvalue weighted by Gasteiger charge is 2.16. The molecule has 0 aliphatic carbocycles. The van der Waals surface area contributed by atoms with Gasteiger partial charge in [-0.3, -0.25) is 4.79 Å². The summed E-state index contributed by atoms with van der Waals surface area (Å²) in [6.45, 7) is 3.77. The average molecular weight is 322 g/mol. The second-order valence-corrected chi connectivity index (χ2v) is 5.70. The van der Waals surface area contributed by atoms with E-state index in [0.717, 1.165) is 32.0 Å². The molecule has 1 aromatic heterocycles. The van der Waals surface area contributed by atoms with Crippen LogP contribution >= 0.6 is 0 Å². The summed E-state index contributed by atoms with van der Waals surface area (Å²) in [6.07, 6.45) is 3.11. The Morgan fingerprint density at radius 2 is 2.00 bits per heavy atom. The summed E-state index contributed by atoms with van der Waals surface area (Å²) in [5.41, 5.74) is 1.29. The van der Waals surface area contributed by atoms with Gasteiger partial charge in [-0.1, -0.05) is 6.07 Å². The predicted molar refractivity (Wildman–Crippen MR) is 90.9 cm³/mol. The largest absolute Gasteiger partial charge is 0.353 e. The molecule has 1 aliphatic heterocycles. The van der Waals surface area contributed by atoms with Crippen molar-refractivity contribution in [3.8, 4) is 6.07 Å². The van der Waals surface area contributed by atoms with E-state index in [4.69, 9.17) is 5.26 Å². The molecule has 122 valence electrons. The zero-order chi connectivity index (χ0) is 16.9. The Labute approximate surface area is 140 Å². The van der Waals surface area contributed by atoms with Crippen LogP contribution in [-0.2, 0) is 0 Å². The number of hydrogen-bond acceptors (Lipinski definition) is 6. The molecule has 1 N–H and O–H groups in total. The van der Waals surface area contributed by atoms with Gasteiger partial charge < -0.3 is 15.1 Å². The molecule has 0 atom stereocenters. The number of piperazine rings is 1. The smallest absolute Gasteiger partial charge is 0.275 e. The lowest BCUT2D eigenvalue weighted by atomic mass is 10.2. The molecule has 7 nitrogen and oxygen atoms in total. The molecule has 2 aromatic rings. The van der Waals surface area contributed by atoms with E-state index in [0.29, 0.717) is 11.3 Å². The van der Waals surface area contributed by atoms with Crippen molar-refractivity contribution in [1.82, 2.24) is 14.9 Å². The third kappa shape index (κ3) is 3.67. The zero-order valence-electron chi connectivity index (χ0n) is 13.4. The quantitative estimate of drug-likeness (QED) is 0.918. The summed E-state index contributed by atoms with van der Waals surface area (Å²) < 4.78 is 0. The van der Waals surface area contributed by atoms with E-state index in [9.17, 15) is 4.79 Å². The number of carbonyl (C=O) groups is 1. The molecule has 0 unspecified atom stereocenters. The molecule has 0 saturated carbocycles. The van der Waals surface area contributed by atoms with Gasteiger partial charge in [0.15, 0.2) is 0 Å². The SMILES string of the molecule is CN1CCN(c2cnc(C(=O)Nc3cccc(C#N)c3)cn2)CC1. The van der Waals surface area contributed by atoms with E-state index < -0.39 is 0 Å². The maximum Gasteiger partial charge on any atom is 0.275 e. The first-order chi connectivity index (χ1) is 11.7. The van der Waals surface area contributed by atoms with Crippen LogP contribution in [0.5, 0.6) is 0 Å². The van der Waals surface area contributed by atoms with Crippen molar-refractivity contribution in [3.63, 3.8) is 0 Å². The summed E-state index contributed by atoms with van der Waals surface area (Å²) in [7, 11) is 2.09. The van der Waals surface area contributed by atoms with Crippen LogP contribution in [0.3, 0.4) is 0 Å². The van der Waals surface area contributed by atoms with Gasteiger partial charge in [0.05, 0.1) is 24.0 Å². The van der Waals surface area contributed by atoms with Crippen LogP contribution in [0.25, 0.3) is 0 Å². The number of nitrogens with one attached hydrogen (secondary N) is 1. The highest BCUT2D eigenvalue weighted by molar-refractivity contribution is 6.02. The second-order valence-electron chi connectivity index (χ2n) is 5.70. The fourth-order valence-corrected chi connectivity index (χ4v) is 2.50. The number of rotatable bonds is 3. The molecule has 7 heteroatoms. The van der Waals surface area contributed by atoms with E-state index in [1.807, 2.05) is 6.07 Å². The number of benzene rings is 1. The van der Waals surface area contributed by atoms with Gasteiger partial charge in [0, 0.05) is 31.9 Å². The van der Waals surface area contributed by atoms with E-state index in [1.165, 1.54) is 6.20 Å². The first-order valence-corrected chi connectivity index (χ1v) is 7.73. The van der Waals surface area contributed by atoms with Crippen molar-refractivity contribution in [3.05, 3.63) is 47.9 Å². The molecular formula is C17H18N6O. The lowest BCUT2D eigenvalue weighted by molar-refractivity contribution is 0.102. The maximum atomic E-state index is 12.2. The van der Waals surface area contributed by atoms with Crippen LogP contribution in [0.15, 0.2) is 36.7 Å². The Balaban J connectivity index is 1.66. The highest BCUT2D eigenvalue weighted by atomic mass is 16.1. The first kappa shape index (κ1) is 15.9. The van der Waals surface area contributed by atoms with Crippen molar-refractivity contribution in [2.24, 2.45) is 0 Å². The molecule has 1 amide bonds. The summed E-state index contributed by atoms with van der Waals surface area (Å²) in [5.74, 6) is 0.439. The van der Waals surface area contributed by atoms with E-state index in [2.05, 4.69) is 32.1 Å². The number of nitriles is 1. The minimum absolute atomic E-state index is 0.246. The summed E-state index contributed by atoms with van der Waals surface area (Å²) in [6, 6.07) is 8.78. The number of anilines is 2. The Kier molecular flexibility index (Phi) is 4.68. The lowest BCUT2D eigenvalue weighted by Gasteiger charge is -2.32. The summed E-state index contributed by atoms with van der Waals surface area (Å²) >= 11 is 0. The fraction of sp³-hybridized carbons (Fsp3) is 0.294. The zero-order valence-corrected chi connectivity index (χ0v) is 13.4. The van der Waals surface area contributed by atoms with Crippen molar-refractivity contribution in [2.75, 3.05) is 43.4 Å². The Hall–Kier alpha value is -2.98. The number of likely N-dealkylation sites (N-methyl/N-ethyl adjacent to an activating group) is 1. The molecule has 1 aromatic carbocycles. The molecule has 24 heavy (non-hydrogen) atoms. The van der Waals surface area contributed by atoms with Gasteiger partial charge in [0.25, 0.3) is 5.91 Å². The summed E-state index contributed by atoms with van der Waals surface area (Å²) in [4.78, 5) is 25.2. The van der Waals surface area contributed by atoms with Gasteiger partial charge in [-0.2, -0.15) is 5.26 Å². The monoisotopic (exact) mass is 322 g/mol. The van der Waals surface area contributed by atoms with Gasteiger partial charge in [0.2, 0.25) is 0 Å². The normalized spacial score (nSPS) is 14.9. The Morgan fingerprint density at radius 1 is 1.21 bits per heavy atom. The third-order valence-corrected chi connectivity index (χ3v) is 3.95. The number of aromatic nitrogens is 2. The van der Waals surface area contributed by atoms with Crippen LogP contribution in [0.2, 0.25) is 0 Å². The van der Waals surface area contributed by atoms with E-state index in [-0.39, 0.29) is 11.6 Å². The van der Waals surface area contributed by atoms with Gasteiger partial charge in [0.1, 0.15) is 11.5 Å². The second kappa shape index (κ2) is 7.06. The van der Waals surface area contributed by atoms with E-state index in [1.54, 1.807) is 30.5 Å². The third-order valence-electron chi connectivity index (χ3n) is 3.95. The number of carbonyl (C=O) groups excluding carboxylic acids is 1. The van der Waals surface area contributed by atoms with Crippen LogP contribution in [0.1, 0.15) is 16.1 Å². The molecule has 0 spiro atoms. The topological polar surface area (TPSA) is 85.1 Å². The number of amides is 1. The van der Waals surface area contributed by atoms with Gasteiger partial charge >= 0.3 is 0 Å². The van der Waals surface area contributed by atoms with Crippen molar-refractivity contribution in [1.29, 1.82) is 5.26 Å². The molecule has 2 heterocycles. The minimum Gasteiger partial charge on any atom is -0.353 e. The Morgan fingerprint density at radius 3 is 2.67 bits per heavy atom. The average Bonchev–Trinajstić information content (AvgIpc) is 2.62. The molecule has 1 aliphatic rings. The molecule has 0 radical (unpaired) electrons. The molecule has 1 saturated heterocycles. The maximum absolute atomic E-state index is 12.2. The van der Waals surface area contributed by atoms with Crippen molar-refractivity contribution in [2.45, 2.75) is 0 Å². The number of hydrogen-bond donors (Lipinski definition) is 1. The van der Waals surface area contributed by atoms with Crippen LogP contribution < -0.4 is 10.2 Å². The molecule has 1 fully saturated rings.